The second-order valence-corrected chi connectivity index (χ2v) is 11.0. The van der Waals surface area contributed by atoms with Crippen LogP contribution < -0.4 is 24.3 Å². The number of hydrogen-bond acceptors (Lipinski definition) is 11. The van der Waals surface area contributed by atoms with Gasteiger partial charge in [-0.1, -0.05) is 30.7 Å². The summed E-state index contributed by atoms with van der Waals surface area (Å²) in [4.78, 5) is 50.7. The molecular formula is C32H28ClN3O8. The van der Waals surface area contributed by atoms with Crippen LogP contribution in [0.15, 0.2) is 71.3 Å². The van der Waals surface area contributed by atoms with Gasteiger partial charge in [-0.05, 0) is 37.1 Å². The Hall–Kier alpha value is -4.90. The van der Waals surface area contributed by atoms with Crippen LogP contribution in [0.3, 0.4) is 0 Å². The van der Waals surface area contributed by atoms with Gasteiger partial charge in [0.1, 0.15) is 27.8 Å². The highest BCUT2D eigenvalue weighted by atomic mass is 35.5. The second kappa shape index (κ2) is 11.0. The number of carbonyl (C=O) groups excluding carboxylic acids is 3. The number of fused-ring (bicyclic) bond motifs is 1. The van der Waals surface area contributed by atoms with Crippen LogP contribution in [0.25, 0.3) is 0 Å². The normalized spacial score (nSPS) is 22.2. The minimum Gasteiger partial charge on any atom is -0.496 e. The molecule has 6 rings (SSSR count). The van der Waals surface area contributed by atoms with Crippen LogP contribution in [0.1, 0.15) is 42.1 Å². The second-order valence-electron chi connectivity index (χ2n) is 10.6. The third-order valence-corrected chi connectivity index (χ3v) is 8.56. The number of benzene rings is 2. The van der Waals surface area contributed by atoms with Gasteiger partial charge >= 0.3 is 12.0 Å². The summed E-state index contributed by atoms with van der Waals surface area (Å²) in [5, 5.41) is 3.29. The topological polar surface area (TPSA) is 135 Å². The van der Waals surface area contributed by atoms with Gasteiger partial charge in [-0.15, -0.1) is 0 Å². The fourth-order valence-electron chi connectivity index (χ4n) is 6.19. The van der Waals surface area contributed by atoms with Crippen molar-refractivity contribution in [3.63, 3.8) is 0 Å². The minimum absolute atomic E-state index is 0.00982. The number of dihydropyridines is 1. The first-order valence-corrected chi connectivity index (χ1v) is 14.1. The Balaban J connectivity index is 1.50. The van der Waals surface area contributed by atoms with Crippen LogP contribution in [0.4, 0.5) is 0 Å². The zero-order valence-corrected chi connectivity index (χ0v) is 25.3. The number of halogens is 1. The molecule has 3 heterocycles. The molecule has 3 atom stereocenters. The molecule has 3 aliphatic rings. The SMILES string of the molecule is COC(=O)C1=C(C)NC2=C(C(=O)[C@@]3(Oc4c(Cl)c(OC)cc(OC)c4C3=O)[C@H](C)C2)[C@@H]1c1cccc(Oc2ncccn2)c1. The molecule has 0 amide bonds. The van der Waals surface area contributed by atoms with Crippen molar-refractivity contribution in [1.82, 2.24) is 15.3 Å². The molecule has 0 bridgehead atoms. The van der Waals surface area contributed by atoms with Crippen molar-refractivity contribution in [3.8, 4) is 29.0 Å². The summed E-state index contributed by atoms with van der Waals surface area (Å²) in [6, 6.07) is 10.2. The summed E-state index contributed by atoms with van der Waals surface area (Å²) in [6.07, 6.45) is 3.35. The summed E-state index contributed by atoms with van der Waals surface area (Å²) >= 11 is 6.61. The molecule has 0 saturated carbocycles. The van der Waals surface area contributed by atoms with Crippen LogP contribution in [-0.4, -0.2) is 54.4 Å². The molecule has 1 aromatic heterocycles. The third-order valence-electron chi connectivity index (χ3n) is 8.20. The van der Waals surface area contributed by atoms with E-state index in [1.165, 1.54) is 27.4 Å². The number of nitrogens with zero attached hydrogens (tertiary/aromatic N) is 2. The van der Waals surface area contributed by atoms with Crippen LogP contribution in [0.5, 0.6) is 29.0 Å². The fraction of sp³-hybridized carbons (Fsp3) is 0.281. The van der Waals surface area contributed by atoms with Crippen LogP contribution in [0.2, 0.25) is 5.02 Å². The van der Waals surface area contributed by atoms with E-state index in [1.807, 2.05) is 0 Å². The number of hydrogen-bond donors (Lipinski definition) is 1. The number of carbonyl (C=O) groups is 3. The summed E-state index contributed by atoms with van der Waals surface area (Å²) in [6.45, 7) is 3.51. The fourth-order valence-corrected chi connectivity index (χ4v) is 6.45. The van der Waals surface area contributed by atoms with Crippen molar-refractivity contribution in [2.45, 2.75) is 31.8 Å². The first-order valence-electron chi connectivity index (χ1n) is 13.7. The van der Waals surface area contributed by atoms with E-state index < -0.39 is 35.0 Å². The standard InChI is InChI=1S/C32H28ClN3O8/c1-15-12-19-24(28(37)32(15)29(38)25-20(40-3)14-21(41-4)26(33)27(25)44-32)23(22(16(2)36-19)30(39)42-5)17-8-6-9-18(13-17)43-31-34-10-7-11-35-31/h6-11,13-15,23,36H,12H2,1-5H3/t15-,23-,32+/m1/s1. The molecule has 1 aliphatic carbocycles. The van der Waals surface area contributed by atoms with E-state index in [9.17, 15) is 14.4 Å². The van der Waals surface area contributed by atoms with Crippen molar-refractivity contribution in [2.75, 3.05) is 21.3 Å². The number of nitrogens with one attached hydrogen (secondary N) is 1. The highest BCUT2D eigenvalue weighted by Crippen LogP contribution is 2.56. The van der Waals surface area contributed by atoms with Gasteiger partial charge in [0.05, 0.1) is 26.9 Å². The average Bonchev–Trinajstić information content (AvgIpc) is 3.34. The minimum atomic E-state index is -1.97. The molecule has 0 radical (unpaired) electrons. The molecule has 44 heavy (non-hydrogen) atoms. The van der Waals surface area contributed by atoms with E-state index in [1.54, 1.807) is 56.6 Å². The molecule has 226 valence electrons. The quantitative estimate of drug-likeness (QED) is 0.297. The molecule has 2 aliphatic heterocycles. The van der Waals surface area contributed by atoms with Crippen LogP contribution in [-0.2, 0) is 14.3 Å². The molecule has 11 nitrogen and oxygen atoms in total. The van der Waals surface area contributed by atoms with Gasteiger partial charge in [0.15, 0.2) is 5.75 Å². The van der Waals surface area contributed by atoms with Gasteiger partial charge < -0.3 is 29.0 Å². The van der Waals surface area contributed by atoms with Gasteiger partial charge in [0.2, 0.25) is 17.2 Å². The van der Waals surface area contributed by atoms with Crippen molar-refractivity contribution < 1.29 is 38.1 Å². The first kappa shape index (κ1) is 29.2. The lowest BCUT2D eigenvalue weighted by molar-refractivity contribution is -0.136. The number of rotatable bonds is 6. The molecule has 3 aromatic rings. The Morgan fingerprint density at radius 1 is 1.05 bits per heavy atom. The zero-order chi connectivity index (χ0) is 31.3. The first-order chi connectivity index (χ1) is 21.2. The molecule has 0 fully saturated rings. The molecule has 2 aromatic carbocycles. The summed E-state index contributed by atoms with van der Waals surface area (Å²) in [7, 11) is 4.10. The molecule has 12 heteroatoms. The lowest BCUT2D eigenvalue weighted by Gasteiger charge is -2.42. The number of Topliss-reactive ketones (excluding diaryl/α,β-unsaturated/α-hetero) is 2. The maximum Gasteiger partial charge on any atom is 0.336 e. The number of ketones is 2. The van der Waals surface area contributed by atoms with Crippen molar-refractivity contribution in [3.05, 3.63) is 87.5 Å². The van der Waals surface area contributed by atoms with Gasteiger partial charge in [-0.25, -0.2) is 14.8 Å². The molecule has 1 spiro atoms. The van der Waals surface area contributed by atoms with Crippen molar-refractivity contribution >= 4 is 29.1 Å². The zero-order valence-electron chi connectivity index (χ0n) is 24.5. The van der Waals surface area contributed by atoms with E-state index in [0.29, 0.717) is 22.7 Å². The highest BCUT2D eigenvalue weighted by molar-refractivity contribution is 6.36. The summed E-state index contributed by atoms with van der Waals surface area (Å²) in [5.74, 6) is -2.59. The van der Waals surface area contributed by atoms with E-state index in [4.69, 9.17) is 35.3 Å². The third kappa shape index (κ3) is 4.29. The van der Waals surface area contributed by atoms with Crippen molar-refractivity contribution in [2.24, 2.45) is 5.92 Å². The average molecular weight is 618 g/mol. The number of allylic oxidation sites excluding steroid dienone is 2. The molecule has 0 unspecified atom stereocenters. The number of esters is 1. The summed E-state index contributed by atoms with van der Waals surface area (Å²) < 4.78 is 28.2. The van der Waals surface area contributed by atoms with E-state index >= 15 is 0 Å². The van der Waals surface area contributed by atoms with Gasteiger partial charge in [0, 0.05) is 47.3 Å². The maximum absolute atomic E-state index is 14.9. The number of ether oxygens (including phenoxy) is 5. The predicted molar refractivity (Wildman–Crippen MR) is 157 cm³/mol. The van der Waals surface area contributed by atoms with E-state index in [-0.39, 0.29) is 51.4 Å². The molecular weight excluding hydrogens is 590 g/mol. The molecule has 1 N–H and O–H groups in total. The smallest absolute Gasteiger partial charge is 0.336 e. The Morgan fingerprint density at radius 2 is 1.77 bits per heavy atom. The van der Waals surface area contributed by atoms with Crippen LogP contribution >= 0.6 is 11.6 Å². The monoisotopic (exact) mass is 617 g/mol. The lowest BCUT2D eigenvalue weighted by Crippen LogP contribution is -2.58. The lowest BCUT2D eigenvalue weighted by atomic mass is 9.65. The Bertz CT molecular complexity index is 1790. The Labute approximate surface area is 257 Å². The summed E-state index contributed by atoms with van der Waals surface area (Å²) in [5.41, 5.74) is 0.132. The maximum atomic E-state index is 14.9. The van der Waals surface area contributed by atoms with E-state index in [2.05, 4.69) is 15.3 Å². The Kier molecular flexibility index (Phi) is 7.28. The van der Waals surface area contributed by atoms with Gasteiger partial charge in [0.25, 0.3) is 0 Å². The largest absolute Gasteiger partial charge is 0.496 e. The number of methoxy groups -OCH3 is 3. The van der Waals surface area contributed by atoms with Crippen LogP contribution in [0, 0.1) is 5.92 Å². The van der Waals surface area contributed by atoms with Gasteiger partial charge in [-0.3, -0.25) is 9.59 Å². The van der Waals surface area contributed by atoms with Crippen molar-refractivity contribution in [1.29, 1.82) is 0 Å². The molecule has 0 saturated heterocycles. The predicted octanol–water partition coefficient (Wildman–Crippen LogP) is 4.95. The number of aromatic nitrogens is 2. The Morgan fingerprint density at radius 3 is 2.45 bits per heavy atom. The van der Waals surface area contributed by atoms with Gasteiger partial charge in [-0.2, -0.15) is 0 Å². The van der Waals surface area contributed by atoms with E-state index in [0.717, 1.165) is 0 Å². The highest BCUT2D eigenvalue weighted by Gasteiger charge is 2.63.